The van der Waals surface area contributed by atoms with Crippen LogP contribution in [-0.2, 0) is 9.59 Å². The summed E-state index contributed by atoms with van der Waals surface area (Å²) in [5.74, 6) is 0.256. The van der Waals surface area contributed by atoms with Crippen molar-refractivity contribution in [2.45, 2.75) is 58.2 Å². The van der Waals surface area contributed by atoms with E-state index in [1.165, 1.54) is 6.08 Å². The van der Waals surface area contributed by atoms with Gasteiger partial charge in [0.2, 0.25) is 12.3 Å². The van der Waals surface area contributed by atoms with E-state index in [0.29, 0.717) is 56.2 Å². The van der Waals surface area contributed by atoms with Crippen LogP contribution in [0.1, 0.15) is 51.9 Å². The number of likely N-dealkylation sites (tertiary alicyclic amines) is 1. The van der Waals surface area contributed by atoms with Crippen LogP contribution in [-0.4, -0.2) is 83.6 Å². The lowest BCUT2D eigenvalue weighted by Crippen LogP contribution is -2.46. The van der Waals surface area contributed by atoms with Gasteiger partial charge in [0, 0.05) is 51.1 Å². The predicted octanol–water partition coefficient (Wildman–Crippen LogP) is 4.97. The van der Waals surface area contributed by atoms with Gasteiger partial charge in [0.25, 0.3) is 0 Å². The van der Waals surface area contributed by atoms with E-state index < -0.39 is 6.29 Å². The van der Waals surface area contributed by atoms with Gasteiger partial charge in [0.05, 0.1) is 11.4 Å². The first-order valence-electron chi connectivity index (χ1n) is 13.7. The molecule has 8 nitrogen and oxygen atoms in total. The highest BCUT2D eigenvalue weighted by atomic mass is 35.5. The number of piperidine rings is 1. The highest BCUT2D eigenvalue weighted by Crippen LogP contribution is 2.35. The number of allylic oxidation sites excluding steroid dienone is 7. The number of unbranched alkanes of at least 4 members (excludes halogenated alkanes) is 2. The highest BCUT2D eigenvalue weighted by molar-refractivity contribution is 6.19. The number of hydrogen-bond donors (Lipinski definition) is 2. The second-order valence-electron chi connectivity index (χ2n) is 9.80. The van der Waals surface area contributed by atoms with Crippen molar-refractivity contribution in [3.8, 4) is 0 Å². The zero-order valence-electron chi connectivity index (χ0n) is 23.9. The quantitative estimate of drug-likeness (QED) is 0.0460. The standard InChI is InChI=1S/C31H45ClN4O4/c1-5-12-26(13-11-19-32)23-34-27(6-2)28(33-20-10-8-9-14-30(39)40)15-16-29(38)36-21-17-31(7-3,18-22-36)24-35(4)25-37/h5-6,11-13,15-16,20,23,25,30,39-40H,1-2,7-10,14,17-19,21-22,24H2,3-4H3/b13-11-,16-15+,26-12+,28-27-,33-20?,34-23+. The fourth-order valence-electron chi connectivity index (χ4n) is 4.39. The predicted molar refractivity (Wildman–Crippen MR) is 165 cm³/mol. The van der Waals surface area contributed by atoms with Gasteiger partial charge in [-0.15, -0.1) is 11.6 Å². The van der Waals surface area contributed by atoms with Crippen molar-refractivity contribution in [3.05, 3.63) is 72.7 Å². The number of carbonyl (C=O) groups is 2. The van der Waals surface area contributed by atoms with Crippen LogP contribution in [0.25, 0.3) is 0 Å². The molecule has 0 atom stereocenters. The lowest BCUT2D eigenvalue weighted by molar-refractivity contribution is -0.129. The Bertz CT molecular complexity index is 1000. The molecule has 0 aromatic heterocycles. The molecule has 40 heavy (non-hydrogen) atoms. The van der Waals surface area contributed by atoms with Crippen LogP contribution in [0, 0.1) is 5.41 Å². The van der Waals surface area contributed by atoms with Crippen LogP contribution in [0.2, 0.25) is 0 Å². The number of aliphatic hydroxyl groups excluding tert-OH is 1. The van der Waals surface area contributed by atoms with E-state index in [1.54, 1.807) is 54.8 Å². The van der Waals surface area contributed by atoms with E-state index in [2.05, 4.69) is 30.1 Å². The summed E-state index contributed by atoms with van der Waals surface area (Å²) in [5, 5.41) is 18.0. The average molecular weight is 573 g/mol. The van der Waals surface area contributed by atoms with Crippen molar-refractivity contribution in [1.29, 1.82) is 0 Å². The Balaban J connectivity index is 3.12. The number of hydrogen-bond acceptors (Lipinski definition) is 6. The number of aliphatic hydroxyl groups is 2. The number of amides is 2. The summed E-state index contributed by atoms with van der Waals surface area (Å²) >= 11 is 5.77. The van der Waals surface area contributed by atoms with Crippen LogP contribution in [0.15, 0.2) is 82.6 Å². The molecule has 9 heteroatoms. The summed E-state index contributed by atoms with van der Waals surface area (Å²) < 4.78 is 0. The molecule has 2 N–H and O–H groups in total. The maximum absolute atomic E-state index is 13.1. The second kappa shape index (κ2) is 19.9. The van der Waals surface area contributed by atoms with Gasteiger partial charge in [0.1, 0.15) is 0 Å². The van der Waals surface area contributed by atoms with Gasteiger partial charge in [-0.2, -0.15) is 0 Å². The van der Waals surface area contributed by atoms with Crippen LogP contribution in [0.5, 0.6) is 0 Å². The van der Waals surface area contributed by atoms with E-state index in [4.69, 9.17) is 21.8 Å². The van der Waals surface area contributed by atoms with Gasteiger partial charge in [0.15, 0.2) is 6.29 Å². The first-order valence-corrected chi connectivity index (χ1v) is 14.2. The van der Waals surface area contributed by atoms with Gasteiger partial charge < -0.3 is 20.0 Å². The number of alkyl halides is 1. The normalized spacial score (nSPS) is 16.9. The molecule has 2 amide bonds. The maximum atomic E-state index is 13.1. The molecule has 1 aliphatic rings. The summed E-state index contributed by atoms with van der Waals surface area (Å²) in [6.45, 7) is 11.7. The molecule has 1 aliphatic heterocycles. The van der Waals surface area contributed by atoms with Crippen molar-refractivity contribution in [2.75, 3.05) is 32.6 Å². The smallest absolute Gasteiger partial charge is 0.246 e. The van der Waals surface area contributed by atoms with Gasteiger partial charge >= 0.3 is 0 Å². The Morgan fingerprint density at radius 3 is 2.42 bits per heavy atom. The van der Waals surface area contributed by atoms with E-state index >= 15 is 0 Å². The van der Waals surface area contributed by atoms with E-state index in [1.807, 2.05) is 11.0 Å². The molecule has 1 saturated heterocycles. The molecule has 0 radical (unpaired) electrons. The number of halogens is 1. The molecular formula is C31H45ClN4O4. The van der Waals surface area contributed by atoms with Crippen molar-refractivity contribution in [3.63, 3.8) is 0 Å². The Morgan fingerprint density at radius 2 is 1.85 bits per heavy atom. The van der Waals surface area contributed by atoms with Crippen molar-refractivity contribution < 1.29 is 19.8 Å². The lowest BCUT2D eigenvalue weighted by Gasteiger charge is -2.42. The third-order valence-corrected chi connectivity index (χ3v) is 7.01. The van der Waals surface area contributed by atoms with Crippen molar-refractivity contribution >= 4 is 36.3 Å². The number of carbonyl (C=O) groups excluding carboxylic acids is 2. The average Bonchev–Trinajstić information content (AvgIpc) is 2.95. The minimum atomic E-state index is -1.31. The molecule has 220 valence electrons. The Labute approximate surface area is 244 Å². The third kappa shape index (κ3) is 13.3. The first kappa shape index (κ1) is 35.0. The number of rotatable bonds is 18. The van der Waals surface area contributed by atoms with Gasteiger partial charge in [-0.05, 0) is 68.1 Å². The fraction of sp³-hybridized carbons (Fsp3) is 0.484. The number of nitrogens with zero attached hydrogens (tertiary/aromatic N) is 4. The third-order valence-electron chi connectivity index (χ3n) is 6.83. The molecule has 1 fully saturated rings. The van der Waals surface area contributed by atoms with Crippen molar-refractivity contribution in [2.24, 2.45) is 15.4 Å². The maximum Gasteiger partial charge on any atom is 0.246 e. The van der Waals surface area contributed by atoms with Crippen LogP contribution < -0.4 is 0 Å². The van der Waals surface area contributed by atoms with Crippen LogP contribution >= 0.6 is 11.6 Å². The molecule has 0 spiro atoms. The van der Waals surface area contributed by atoms with Crippen LogP contribution in [0.4, 0.5) is 0 Å². The molecule has 1 heterocycles. The van der Waals surface area contributed by atoms with E-state index in [9.17, 15) is 9.59 Å². The van der Waals surface area contributed by atoms with Crippen molar-refractivity contribution in [1.82, 2.24) is 9.80 Å². The molecule has 0 bridgehead atoms. The topological polar surface area (TPSA) is 106 Å². The molecule has 0 aromatic rings. The zero-order chi connectivity index (χ0) is 29.8. The van der Waals surface area contributed by atoms with Gasteiger partial charge in [-0.25, -0.2) is 0 Å². The first-order chi connectivity index (χ1) is 19.2. The Kier molecular flexibility index (Phi) is 17.4. The summed E-state index contributed by atoms with van der Waals surface area (Å²) in [6.07, 6.45) is 19.7. The highest BCUT2D eigenvalue weighted by Gasteiger charge is 2.34. The molecule has 0 saturated carbocycles. The second-order valence-corrected chi connectivity index (χ2v) is 10.1. The molecule has 0 aliphatic carbocycles. The molecule has 1 rings (SSSR count). The molecule has 0 unspecified atom stereocenters. The Hall–Kier alpha value is -3.07. The van der Waals surface area contributed by atoms with Gasteiger partial charge in [-0.3, -0.25) is 19.6 Å². The minimum Gasteiger partial charge on any atom is -0.368 e. The monoisotopic (exact) mass is 572 g/mol. The summed E-state index contributed by atoms with van der Waals surface area (Å²) in [4.78, 5) is 36.8. The largest absolute Gasteiger partial charge is 0.368 e. The minimum absolute atomic E-state index is 0.0247. The van der Waals surface area contributed by atoms with Crippen LogP contribution in [0.3, 0.4) is 0 Å². The fourth-order valence-corrected chi connectivity index (χ4v) is 4.48. The number of aliphatic imine (C=N–C) groups is 2. The van der Waals surface area contributed by atoms with E-state index in [-0.39, 0.29) is 11.3 Å². The van der Waals surface area contributed by atoms with Gasteiger partial charge in [-0.1, -0.05) is 44.4 Å². The Morgan fingerprint density at radius 1 is 1.12 bits per heavy atom. The summed E-state index contributed by atoms with van der Waals surface area (Å²) in [5.41, 5.74) is 1.78. The lowest BCUT2D eigenvalue weighted by atomic mass is 9.75. The summed E-state index contributed by atoms with van der Waals surface area (Å²) in [7, 11) is 1.79. The summed E-state index contributed by atoms with van der Waals surface area (Å²) in [6, 6.07) is 0. The zero-order valence-corrected chi connectivity index (χ0v) is 24.7. The SMILES string of the molecule is C=C/C=C(\C=C/CCl)/C=N/C(C=C)=C(/C=C/C(=O)N1CCC(CC)(CN(C)C=O)CC1)N=CCCCCC(O)O. The molecular weight excluding hydrogens is 528 g/mol. The molecule has 0 aromatic carbocycles. The van der Waals surface area contributed by atoms with E-state index in [0.717, 1.165) is 37.7 Å².